The van der Waals surface area contributed by atoms with Crippen LogP contribution < -0.4 is 10.1 Å². The average Bonchev–Trinajstić information content (AvgIpc) is 3.25. The molecule has 0 saturated heterocycles. The molecule has 0 unspecified atom stereocenters. The SMILES string of the molecule is COc1cc(Cl)c(C)cc1NC(=O)CN(C)[C@H](C)c1ccc(-n2cncn2)cc1. The van der Waals surface area contributed by atoms with Crippen molar-refractivity contribution in [3.8, 4) is 11.4 Å². The molecule has 7 nitrogen and oxygen atoms in total. The molecule has 0 spiro atoms. The first-order valence-corrected chi connectivity index (χ1v) is 9.56. The van der Waals surface area contributed by atoms with Crippen LogP contribution in [0.1, 0.15) is 24.1 Å². The van der Waals surface area contributed by atoms with Crippen molar-refractivity contribution in [2.24, 2.45) is 0 Å². The van der Waals surface area contributed by atoms with Gasteiger partial charge in [-0.05, 0) is 50.2 Å². The summed E-state index contributed by atoms with van der Waals surface area (Å²) < 4.78 is 7.02. The second kappa shape index (κ2) is 9.07. The van der Waals surface area contributed by atoms with Gasteiger partial charge in [-0.3, -0.25) is 9.69 Å². The summed E-state index contributed by atoms with van der Waals surface area (Å²) in [5.74, 6) is 0.409. The Hall–Kier alpha value is -2.90. The lowest BCUT2D eigenvalue weighted by Crippen LogP contribution is -2.32. The lowest BCUT2D eigenvalue weighted by atomic mass is 10.1. The van der Waals surface area contributed by atoms with Crippen LogP contribution in [0.15, 0.2) is 49.1 Å². The van der Waals surface area contributed by atoms with Gasteiger partial charge >= 0.3 is 0 Å². The second-order valence-electron chi connectivity index (χ2n) is 6.87. The number of likely N-dealkylation sites (N-methyl/N-ethyl adjacent to an activating group) is 1. The van der Waals surface area contributed by atoms with E-state index in [9.17, 15) is 4.79 Å². The zero-order valence-electron chi connectivity index (χ0n) is 16.9. The zero-order chi connectivity index (χ0) is 21.0. The van der Waals surface area contributed by atoms with Crippen molar-refractivity contribution in [2.45, 2.75) is 19.9 Å². The molecule has 0 aliphatic carbocycles. The fraction of sp³-hybridized carbons (Fsp3) is 0.286. The zero-order valence-corrected chi connectivity index (χ0v) is 17.6. The first kappa shape index (κ1) is 20.8. The van der Waals surface area contributed by atoms with Crippen LogP contribution >= 0.6 is 11.6 Å². The third kappa shape index (κ3) is 4.93. The number of carbonyl (C=O) groups excluding carboxylic acids is 1. The largest absolute Gasteiger partial charge is 0.495 e. The molecule has 1 amide bonds. The predicted octanol–water partition coefficient (Wildman–Crippen LogP) is 3.87. The van der Waals surface area contributed by atoms with E-state index in [2.05, 4.69) is 22.3 Å². The molecule has 152 valence electrons. The van der Waals surface area contributed by atoms with E-state index in [1.165, 1.54) is 6.33 Å². The highest BCUT2D eigenvalue weighted by molar-refractivity contribution is 6.31. The molecule has 1 heterocycles. The number of ether oxygens (including phenoxy) is 1. The number of nitrogens with zero attached hydrogens (tertiary/aromatic N) is 4. The van der Waals surface area contributed by atoms with Crippen molar-refractivity contribution in [1.82, 2.24) is 19.7 Å². The van der Waals surface area contributed by atoms with E-state index >= 15 is 0 Å². The topological polar surface area (TPSA) is 72.3 Å². The Kier molecular flexibility index (Phi) is 6.51. The summed E-state index contributed by atoms with van der Waals surface area (Å²) in [4.78, 5) is 18.5. The third-order valence-electron chi connectivity index (χ3n) is 4.87. The van der Waals surface area contributed by atoms with Gasteiger partial charge in [-0.25, -0.2) is 9.67 Å². The summed E-state index contributed by atoms with van der Waals surface area (Å²) in [6.45, 7) is 4.18. The van der Waals surface area contributed by atoms with Gasteiger partial charge in [0.15, 0.2) is 0 Å². The number of hydrogen-bond donors (Lipinski definition) is 1. The molecule has 0 fully saturated rings. The van der Waals surface area contributed by atoms with E-state index in [-0.39, 0.29) is 18.5 Å². The summed E-state index contributed by atoms with van der Waals surface area (Å²) in [5.41, 5.74) is 3.52. The van der Waals surface area contributed by atoms with Gasteiger partial charge in [0.25, 0.3) is 0 Å². The van der Waals surface area contributed by atoms with Crippen molar-refractivity contribution in [3.05, 3.63) is 65.2 Å². The number of benzene rings is 2. The Morgan fingerprint density at radius 3 is 2.66 bits per heavy atom. The van der Waals surface area contributed by atoms with Crippen molar-refractivity contribution in [1.29, 1.82) is 0 Å². The summed E-state index contributed by atoms with van der Waals surface area (Å²) in [6.07, 6.45) is 3.15. The molecule has 0 radical (unpaired) electrons. The first-order valence-electron chi connectivity index (χ1n) is 9.18. The van der Waals surface area contributed by atoms with Crippen LogP contribution in [0.3, 0.4) is 0 Å². The molecule has 0 aliphatic rings. The van der Waals surface area contributed by atoms with Crippen LogP contribution in [-0.4, -0.2) is 46.3 Å². The summed E-state index contributed by atoms with van der Waals surface area (Å²) in [5, 5.41) is 7.63. The van der Waals surface area contributed by atoms with Gasteiger partial charge < -0.3 is 10.1 Å². The number of hydrogen-bond acceptors (Lipinski definition) is 5. The van der Waals surface area contributed by atoms with Crippen molar-refractivity contribution < 1.29 is 9.53 Å². The van der Waals surface area contributed by atoms with Crippen LogP contribution in [0.25, 0.3) is 5.69 Å². The Morgan fingerprint density at radius 1 is 1.31 bits per heavy atom. The molecule has 3 aromatic rings. The molecule has 8 heteroatoms. The number of amides is 1. The maximum atomic E-state index is 12.6. The predicted molar refractivity (Wildman–Crippen MR) is 114 cm³/mol. The Balaban J connectivity index is 1.64. The molecule has 29 heavy (non-hydrogen) atoms. The van der Waals surface area contributed by atoms with Gasteiger partial charge in [-0.15, -0.1) is 0 Å². The molecule has 0 bridgehead atoms. The lowest BCUT2D eigenvalue weighted by molar-refractivity contribution is -0.117. The van der Waals surface area contributed by atoms with Crippen LogP contribution in [0.2, 0.25) is 5.02 Å². The monoisotopic (exact) mass is 413 g/mol. The highest BCUT2D eigenvalue weighted by atomic mass is 35.5. The lowest BCUT2D eigenvalue weighted by Gasteiger charge is -2.25. The second-order valence-corrected chi connectivity index (χ2v) is 7.28. The van der Waals surface area contributed by atoms with Gasteiger partial charge in [0, 0.05) is 17.1 Å². The summed E-state index contributed by atoms with van der Waals surface area (Å²) in [6, 6.07) is 11.6. The Labute approximate surface area is 175 Å². The van der Waals surface area contributed by atoms with E-state index in [1.807, 2.05) is 49.2 Å². The number of aryl methyl sites for hydroxylation is 1. The van der Waals surface area contributed by atoms with E-state index < -0.39 is 0 Å². The van der Waals surface area contributed by atoms with Gasteiger partial charge in [-0.1, -0.05) is 23.7 Å². The number of halogens is 1. The molecule has 1 N–H and O–H groups in total. The Bertz CT molecular complexity index is 973. The maximum Gasteiger partial charge on any atom is 0.238 e. The standard InChI is InChI=1S/C21H24ClN5O2/c1-14-9-19(20(29-4)10-18(14)22)25-21(28)11-26(3)15(2)16-5-7-17(8-6-16)27-13-23-12-24-27/h5-10,12-13,15H,11H2,1-4H3,(H,25,28)/t15-/m1/s1. The number of rotatable bonds is 7. The minimum Gasteiger partial charge on any atom is -0.495 e. The molecular weight excluding hydrogens is 390 g/mol. The van der Waals surface area contributed by atoms with Gasteiger partial charge in [0.05, 0.1) is 25.0 Å². The highest BCUT2D eigenvalue weighted by Gasteiger charge is 2.17. The fourth-order valence-electron chi connectivity index (χ4n) is 2.98. The van der Waals surface area contributed by atoms with Gasteiger partial charge in [-0.2, -0.15) is 5.10 Å². The van der Waals surface area contributed by atoms with Crippen molar-refractivity contribution in [2.75, 3.05) is 26.0 Å². The van der Waals surface area contributed by atoms with E-state index in [0.29, 0.717) is 16.5 Å². The summed E-state index contributed by atoms with van der Waals surface area (Å²) >= 11 is 6.13. The van der Waals surface area contributed by atoms with Crippen molar-refractivity contribution in [3.63, 3.8) is 0 Å². The fourth-order valence-corrected chi connectivity index (χ4v) is 3.14. The maximum absolute atomic E-state index is 12.6. The number of carbonyl (C=O) groups is 1. The number of anilines is 1. The molecule has 3 rings (SSSR count). The molecule has 0 aliphatic heterocycles. The number of methoxy groups -OCH3 is 1. The Morgan fingerprint density at radius 2 is 2.03 bits per heavy atom. The van der Waals surface area contributed by atoms with E-state index in [1.54, 1.807) is 24.2 Å². The minimum atomic E-state index is -0.126. The number of aromatic nitrogens is 3. The van der Waals surface area contributed by atoms with Gasteiger partial charge in [0.2, 0.25) is 5.91 Å². The van der Waals surface area contributed by atoms with Crippen LogP contribution in [0.4, 0.5) is 5.69 Å². The number of nitrogens with one attached hydrogen (secondary N) is 1. The average molecular weight is 414 g/mol. The molecular formula is C21H24ClN5O2. The smallest absolute Gasteiger partial charge is 0.238 e. The van der Waals surface area contributed by atoms with E-state index in [4.69, 9.17) is 16.3 Å². The third-order valence-corrected chi connectivity index (χ3v) is 5.27. The first-order chi connectivity index (χ1) is 13.9. The molecule has 1 aromatic heterocycles. The normalized spacial score (nSPS) is 12.1. The van der Waals surface area contributed by atoms with E-state index in [0.717, 1.165) is 16.8 Å². The molecule has 1 atom stereocenters. The highest BCUT2D eigenvalue weighted by Crippen LogP contribution is 2.31. The van der Waals surface area contributed by atoms with Gasteiger partial charge in [0.1, 0.15) is 18.4 Å². The quantitative estimate of drug-likeness (QED) is 0.636. The van der Waals surface area contributed by atoms with Crippen LogP contribution in [0, 0.1) is 6.92 Å². The van der Waals surface area contributed by atoms with Crippen LogP contribution in [0.5, 0.6) is 5.75 Å². The van der Waals surface area contributed by atoms with Crippen LogP contribution in [-0.2, 0) is 4.79 Å². The molecule has 2 aromatic carbocycles. The molecule has 0 saturated carbocycles. The minimum absolute atomic E-state index is 0.0550. The summed E-state index contributed by atoms with van der Waals surface area (Å²) in [7, 11) is 3.47. The van der Waals surface area contributed by atoms with Crippen molar-refractivity contribution >= 4 is 23.2 Å².